The van der Waals surface area contributed by atoms with Crippen LogP contribution in [0.25, 0.3) is 11.1 Å². The highest BCUT2D eigenvalue weighted by Gasteiger charge is 2.04. The Morgan fingerprint density at radius 3 is 2.70 bits per heavy atom. The number of rotatable bonds is 4. The fourth-order valence-corrected chi connectivity index (χ4v) is 2.97. The van der Waals surface area contributed by atoms with E-state index in [0.717, 1.165) is 12.2 Å². The minimum absolute atomic E-state index is 0.507. The lowest BCUT2D eigenvalue weighted by atomic mass is 10.1. The molecule has 0 saturated carbocycles. The average molecular weight is 301 g/mol. The van der Waals surface area contributed by atoms with Crippen LogP contribution in [0, 0.1) is 0 Å². The molecule has 2 aromatic heterocycles. The third-order valence-electron chi connectivity index (χ3n) is 2.97. The second-order valence-corrected chi connectivity index (χ2v) is 5.72. The third-order valence-corrected chi connectivity index (χ3v) is 4.21. The number of hydrogen-bond acceptors (Lipinski definition) is 3. The first-order valence-electron chi connectivity index (χ1n) is 6.30. The molecule has 2 heterocycles. The Balaban J connectivity index is 1.71. The van der Waals surface area contributed by atoms with E-state index >= 15 is 0 Å². The zero-order valence-electron chi connectivity index (χ0n) is 10.7. The zero-order chi connectivity index (χ0) is 13.8. The molecule has 0 spiro atoms. The summed E-state index contributed by atoms with van der Waals surface area (Å²) in [7, 11) is 0. The Kier molecular flexibility index (Phi) is 4.00. The summed E-state index contributed by atoms with van der Waals surface area (Å²) in [6.45, 7) is 0.753. The van der Waals surface area contributed by atoms with E-state index in [1.54, 1.807) is 17.5 Å². The molecule has 0 radical (unpaired) electrons. The molecule has 3 aromatic rings. The SMILES string of the molecule is Clc1ncccc1NCc1cc(-c2ccccc2)cs1. The summed E-state index contributed by atoms with van der Waals surface area (Å²) >= 11 is 7.76. The van der Waals surface area contributed by atoms with Gasteiger partial charge in [0.25, 0.3) is 0 Å². The van der Waals surface area contributed by atoms with Crippen molar-refractivity contribution in [2.75, 3.05) is 5.32 Å². The van der Waals surface area contributed by atoms with Crippen molar-refractivity contribution in [3.8, 4) is 11.1 Å². The Labute approximate surface area is 127 Å². The first-order valence-corrected chi connectivity index (χ1v) is 7.56. The monoisotopic (exact) mass is 300 g/mol. The van der Waals surface area contributed by atoms with E-state index in [0.29, 0.717) is 5.15 Å². The molecule has 4 heteroatoms. The lowest BCUT2D eigenvalue weighted by Crippen LogP contribution is -1.98. The van der Waals surface area contributed by atoms with Crippen molar-refractivity contribution in [1.29, 1.82) is 0 Å². The minimum atomic E-state index is 0.507. The highest BCUT2D eigenvalue weighted by atomic mass is 35.5. The van der Waals surface area contributed by atoms with Gasteiger partial charge in [0.2, 0.25) is 0 Å². The predicted octanol–water partition coefficient (Wildman–Crippen LogP) is 5.08. The normalized spacial score (nSPS) is 10.4. The lowest BCUT2D eigenvalue weighted by molar-refractivity contribution is 1.17. The van der Waals surface area contributed by atoms with Crippen molar-refractivity contribution < 1.29 is 0 Å². The van der Waals surface area contributed by atoms with Crippen molar-refractivity contribution in [1.82, 2.24) is 4.98 Å². The summed E-state index contributed by atoms with van der Waals surface area (Å²) in [4.78, 5) is 5.32. The standard InChI is InChI=1S/C16H13ClN2S/c17-16-15(7-4-8-18-16)19-10-14-9-13(11-20-14)12-5-2-1-3-6-12/h1-9,11,19H,10H2. The number of thiophene rings is 1. The van der Waals surface area contributed by atoms with Crippen LogP contribution in [0.4, 0.5) is 5.69 Å². The quantitative estimate of drug-likeness (QED) is 0.680. The summed E-state index contributed by atoms with van der Waals surface area (Å²) in [6.07, 6.45) is 1.69. The van der Waals surface area contributed by atoms with Gasteiger partial charge in [0.15, 0.2) is 5.15 Å². The van der Waals surface area contributed by atoms with Crippen LogP contribution in [0.15, 0.2) is 60.1 Å². The number of aromatic nitrogens is 1. The molecule has 1 N–H and O–H groups in total. The molecule has 0 aliphatic carbocycles. The van der Waals surface area contributed by atoms with Gasteiger partial charge in [-0.3, -0.25) is 0 Å². The summed E-state index contributed by atoms with van der Waals surface area (Å²) < 4.78 is 0. The summed E-state index contributed by atoms with van der Waals surface area (Å²) in [5, 5.41) is 5.99. The number of anilines is 1. The maximum Gasteiger partial charge on any atom is 0.152 e. The molecule has 100 valence electrons. The van der Waals surface area contributed by atoms with Crippen LogP contribution in [0.5, 0.6) is 0 Å². The fourth-order valence-electron chi connectivity index (χ4n) is 1.96. The van der Waals surface area contributed by atoms with Crippen molar-refractivity contribution in [2.24, 2.45) is 0 Å². The largest absolute Gasteiger partial charge is 0.378 e. The minimum Gasteiger partial charge on any atom is -0.378 e. The molecular formula is C16H13ClN2S. The van der Waals surface area contributed by atoms with E-state index in [-0.39, 0.29) is 0 Å². The van der Waals surface area contributed by atoms with E-state index in [9.17, 15) is 0 Å². The van der Waals surface area contributed by atoms with Crippen molar-refractivity contribution >= 4 is 28.6 Å². The summed E-state index contributed by atoms with van der Waals surface area (Å²) in [5.74, 6) is 0. The maximum absolute atomic E-state index is 6.02. The first-order chi connectivity index (χ1) is 9.83. The number of halogens is 1. The van der Waals surface area contributed by atoms with Crippen molar-refractivity contribution in [3.05, 3.63) is 70.1 Å². The number of hydrogen-bond donors (Lipinski definition) is 1. The first kappa shape index (κ1) is 13.2. The number of benzene rings is 1. The van der Waals surface area contributed by atoms with Crippen LogP contribution in [0.1, 0.15) is 4.88 Å². The van der Waals surface area contributed by atoms with Gasteiger partial charge >= 0.3 is 0 Å². The van der Waals surface area contributed by atoms with E-state index in [1.807, 2.05) is 18.2 Å². The van der Waals surface area contributed by atoms with Gasteiger partial charge in [-0.2, -0.15) is 0 Å². The average Bonchev–Trinajstić information content (AvgIpc) is 2.96. The van der Waals surface area contributed by atoms with Crippen molar-refractivity contribution in [2.45, 2.75) is 6.54 Å². The van der Waals surface area contributed by atoms with Crippen LogP contribution < -0.4 is 5.32 Å². The van der Waals surface area contributed by atoms with E-state index in [2.05, 4.69) is 46.0 Å². The van der Waals surface area contributed by atoms with E-state index in [4.69, 9.17) is 11.6 Å². The van der Waals surface area contributed by atoms with Gasteiger partial charge in [-0.1, -0.05) is 41.9 Å². The number of pyridine rings is 1. The van der Waals surface area contributed by atoms with Gasteiger partial charge < -0.3 is 5.32 Å². The second-order valence-electron chi connectivity index (χ2n) is 4.36. The highest BCUT2D eigenvalue weighted by Crippen LogP contribution is 2.26. The summed E-state index contributed by atoms with van der Waals surface area (Å²) in [6, 6.07) is 16.4. The van der Waals surface area contributed by atoms with Crippen LogP contribution >= 0.6 is 22.9 Å². The molecule has 0 amide bonds. The molecule has 0 fully saturated rings. The molecule has 1 aromatic carbocycles. The van der Waals surface area contributed by atoms with Crippen molar-refractivity contribution in [3.63, 3.8) is 0 Å². The topological polar surface area (TPSA) is 24.9 Å². The predicted molar refractivity (Wildman–Crippen MR) is 86.3 cm³/mol. The molecule has 0 unspecified atom stereocenters. The fraction of sp³-hybridized carbons (Fsp3) is 0.0625. The molecule has 2 nitrogen and oxygen atoms in total. The second kappa shape index (κ2) is 6.07. The molecule has 0 saturated heterocycles. The Morgan fingerprint density at radius 2 is 1.90 bits per heavy atom. The van der Waals surface area contributed by atoms with Gasteiger partial charge in [0, 0.05) is 17.6 Å². The van der Waals surface area contributed by atoms with E-state index in [1.165, 1.54) is 16.0 Å². The van der Waals surface area contributed by atoms with Gasteiger partial charge in [-0.15, -0.1) is 11.3 Å². The van der Waals surface area contributed by atoms with Crippen LogP contribution in [0.3, 0.4) is 0 Å². The lowest BCUT2D eigenvalue weighted by Gasteiger charge is -2.05. The number of nitrogens with zero attached hydrogens (tertiary/aromatic N) is 1. The zero-order valence-corrected chi connectivity index (χ0v) is 12.3. The Hall–Kier alpha value is -1.84. The maximum atomic E-state index is 6.02. The van der Waals surface area contributed by atoms with Gasteiger partial charge in [-0.05, 0) is 34.7 Å². The summed E-state index contributed by atoms with van der Waals surface area (Å²) in [5.41, 5.74) is 3.36. The third kappa shape index (κ3) is 3.00. The smallest absolute Gasteiger partial charge is 0.152 e. The molecule has 20 heavy (non-hydrogen) atoms. The molecular weight excluding hydrogens is 288 g/mol. The van der Waals surface area contributed by atoms with Crippen LogP contribution in [-0.4, -0.2) is 4.98 Å². The van der Waals surface area contributed by atoms with Crippen LogP contribution in [0.2, 0.25) is 5.15 Å². The van der Waals surface area contributed by atoms with Crippen LogP contribution in [-0.2, 0) is 6.54 Å². The number of nitrogens with one attached hydrogen (secondary N) is 1. The Bertz CT molecular complexity index is 694. The van der Waals surface area contributed by atoms with Gasteiger partial charge in [-0.25, -0.2) is 4.98 Å². The molecule has 0 aliphatic rings. The molecule has 3 rings (SSSR count). The molecule has 0 aliphatic heterocycles. The van der Waals surface area contributed by atoms with Gasteiger partial charge in [0.1, 0.15) is 0 Å². The van der Waals surface area contributed by atoms with E-state index < -0.39 is 0 Å². The highest BCUT2D eigenvalue weighted by molar-refractivity contribution is 7.10. The molecule has 0 atom stereocenters. The Morgan fingerprint density at radius 1 is 1.05 bits per heavy atom. The molecule has 0 bridgehead atoms. The van der Waals surface area contributed by atoms with Gasteiger partial charge in [0.05, 0.1) is 5.69 Å².